The predicted octanol–water partition coefficient (Wildman–Crippen LogP) is 6.83. The molecule has 0 heterocycles. The van der Waals surface area contributed by atoms with Crippen molar-refractivity contribution in [3.63, 3.8) is 0 Å². The SMILES string of the molecule is Cc1ccc(S(=O)(=O)N(CC(=O)N(Cc2cccc(Cl)c2)[C@@H](C)C(=O)NC2CCCCC2)c2ccc(C(C)C)cc2)cc1. The fourth-order valence-corrected chi connectivity index (χ4v) is 7.00. The highest BCUT2D eigenvalue weighted by Crippen LogP contribution is 2.27. The van der Waals surface area contributed by atoms with Gasteiger partial charge < -0.3 is 10.2 Å². The van der Waals surface area contributed by atoms with Crippen LogP contribution >= 0.6 is 11.6 Å². The smallest absolute Gasteiger partial charge is 0.264 e. The highest BCUT2D eigenvalue weighted by Gasteiger charge is 2.33. The zero-order valence-corrected chi connectivity index (χ0v) is 27.0. The Morgan fingerprint density at radius 2 is 1.58 bits per heavy atom. The monoisotopic (exact) mass is 623 g/mol. The number of anilines is 1. The van der Waals surface area contributed by atoms with Crippen molar-refractivity contribution in [2.45, 2.75) is 89.2 Å². The number of nitrogens with one attached hydrogen (secondary N) is 1. The number of benzene rings is 3. The quantitative estimate of drug-likeness (QED) is 0.254. The van der Waals surface area contributed by atoms with Crippen LogP contribution < -0.4 is 9.62 Å². The van der Waals surface area contributed by atoms with Gasteiger partial charge in [-0.15, -0.1) is 0 Å². The van der Waals surface area contributed by atoms with E-state index < -0.39 is 28.5 Å². The van der Waals surface area contributed by atoms with Crippen molar-refractivity contribution in [1.29, 1.82) is 0 Å². The maximum absolute atomic E-state index is 14.2. The molecule has 3 aromatic carbocycles. The van der Waals surface area contributed by atoms with Gasteiger partial charge in [-0.1, -0.05) is 86.7 Å². The van der Waals surface area contributed by atoms with Gasteiger partial charge in [-0.2, -0.15) is 0 Å². The Morgan fingerprint density at radius 3 is 2.19 bits per heavy atom. The number of sulfonamides is 1. The van der Waals surface area contributed by atoms with Gasteiger partial charge in [0.05, 0.1) is 10.6 Å². The molecule has 1 saturated carbocycles. The highest BCUT2D eigenvalue weighted by atomic mass is 35.5. The Morgan fingerprint density at radius 1 is 0.930 bits per heavy atom. The van der Waals surface area contributed by atoms with Crippen LogP contribution in [0, 0.1) is 6.92 Å². The van der Waals surface area contributed by atoms with Crippen molar-refractivity contribution in [2.75, 3.05) is 10.8 Å². The number of nitrogens with zero attached hydrogens (tertiary/aromatic N) is 2. The number of carbonyl (C=O) groups is 2. The van der Waals surface area contributed by atoms with Crippen LogP contribution in [0.2, 0.25) is 5.02 Å². The van der Waals surface area contributed by atoms with Crippen LogP contribution in [0.4, 0.5) is 5.69 Å². The Labute approximate surface area is 261 Å². The van der Waals surface area contributed by atoms with Gasteiger partial charge in [-0.3, -0.25) is 13.9 Å². The van der Waals surface area contributed by atoms with Crippen molar-refractivity contribution in [3.8, 4) is 0 Å². The summed E-state index contributed by atoms with van der Waals surface area (Å²) < 4.78 is 29.2. The Kier molecular flexibility index (Phi) is 10.9. The Balaban J connectivity index is 1.69. The summed E-state index contributed by atoms with van der Waals surface area (Å²) in [4.78, 5) is 29.2. The van der Waals surface area contributed by atoms with Gasteiger partial charge in [-0.05, 0) is 80.1 Å². The van der Waals surface area contributed by atoms with Crippen LogP contribution in [-0.4, -0.2) is 43.8 Å². The lowest BCUT2D eigenvalue weighted by Gasteiger charge is -2.33. The van der Waals surface area contributed by atoms with E-state index in [0.717, 1.165) is 53.1 Å². The second-order valence-corrected chi connectivity index (χ2v) is 14.0. The molecule has 1 fully saturated rings. The summed E-state index contributed by atoms with van der Waals surface area (Å²) >= 11 is 6.25. The summed E-state index contributed by atoms with van der Waals surface area (Å²) in [5.41, 5.74) is 3.10. The molecule has 230 valence electrons. The minimum Gasteiger partial charge on any atom is -0.352 e. The van der Waals surface area contributed by atoms with Gasteiger partial charge >= 0.3 is 0 Å². The number of carbonyl (C=O) groups excluding carboxylic acids is 2. The van der Waals surface area contributed by atoms with E-state index >= 15 is 0 Å². The van der Waals surface area contributed by atoms with E-state index in [1.165, 1.54) is 4.90 Å². The number of halogens is 1. The topological polar surface area (TPSA) is 86.8 Å². The summed E-state index contributed by atoms with van der Waals surface area (Å²) in [6.07, 6.45) is 5.11. The molecule has 43 heavy (non-hydrogen) atoms. The van der Waals surface area contributed by atoms with E-state index in [1.807, 2.05) is 25.1 Å². The fourth-order valence-electron chi connectivity index (χ4n) is 5.38. The first-order valence-electron chi connectivity index (χ1n) is 15.0. The van der Waals surface area contributed by atoms with Crippen molar-refractivity contribution in [1.82, 2.24) is 10.2 Å². The minimum atomic E-state index is -4.12. The van der Waals surface area contributed by atoms with Gasteiger partial charge in [-0.25, -0.2) is 8.42 Å². The molecule has 7 nitrogen and oxygen atoms in total. The number of hydrogen-bond donors (Lipinski definition) is 1. The summed E-state index contributed by atoms with van der Waals surface area (Å²) in [6.45, 7) is 7.33. The van der Waals surface area contributed by atoms with Crippen molar-refractivity contribution in [2.24, 2.45) is 0 Å². The summed E-state index contributed by atoms with van der Waals surface area (Å²) in [7, 11) is -4.12. The molecule has 1 N–H and O–H groups in total. The van der Waals surface area contributed by atoms with Gasteiger partial charge in [0.2, 0.25) is 11.8 Å². The maximum Gasteiger partial charge on any atom is 0.264 e. The highest BCUT2D eigenvalue weighted by molar-refractivity contribution is 7.92. The molecule has 0 saturated heterocycles. The van der Waals surface area contributed by atoms with E-state index in [9.17, 15) is 18.0 Å². The largest absolute Gasteiger partial charge is 0.352 e. The number of aryl methyl sites for hydroxylation is 1. The molecule has 1 atom stereocenters. The van der Waals surface area contributed by atoms with Crippen molar-refractivity contribution in [3.05, 3.63) is 94.5 Å². The lowest BCUT2D eigenvalue weighted by Crippen LogP contribution is -2.53. The fraction of sp³-hybridized carbons (Fsp3) is 0.412. The third kappa shape index (κ3) is 8.39. The van der Waals surface area contributed by atoms with Crippen LogP contribution in [0.15, 0.2) is 77.7 Å². The zero-order chi connectivity index (χ0) is 31.1. The molecule has 1 aliphatic rings. The molecular weight excluding hydrogens is 582 g/mol. The van der Waals surface area contributed by atoms with Crippen molar-refractivity contribution >= 4 is 39.1 Å². The minimum absolute atomic E-state index is 0.0738. The zero-order valence-electron chi connectivity index (χ0n) is 25.4. The normalized spacial score (nSPS) is 14.7. The first-order chi connectivity index (χ1) is 20.5. The second kappa shape index (κ2) is 14.4. The molecule has 0 aliphatic heterocycles. The molecule has 1 aliphatic carbocycles. The maximum atomic E-state index is 14.2. The van der Waals surface area contributed by atoms with Gasteiger partial charge in [0.1, 0.15) is 12.6 Å². The molecule has 0 spiro atoms. The van der Waals surface area contributed by atoms with E-state index in [0.29, 0.717) is 10.7 Å². The first kappa shape index (κ1) is 32.6. The average Bonchev–Trinajstić information content (AvgIpc) is 2.99. The van der Waals surface area contributed by atoms with E-state index in [1.54, 1.807) is 61.5 Å². The van der Waals surface area contributed by atoms with Gasteiger partial charge in [0.15, 0.2) is 0 Å². The average molecular weight is 624 g/mol. The van der Waals surface area contributed by atoms with E-state index in [2.05, 4.69) is 19.2 Å². The number of hydrogen-bond acceptors (Lipinski definition) is 4. The Hall–Kier alpha value is -3.36. The van der Waals surface area contributed by atoms with Crippen LogP contribution in [-0.2, 0) is 26.2 Å². The Bertz CT molecular complexity index is 1500. The summed E-state index contributed by atoms with van der Waals surface area (Å²) in [6, 6.07) is 20.2. The summed E-state index contributed by atoms with van der Waals surface area (Å²) in [5.74, 6) is -0.485. The third-order valence-electron chi connectivity index (χ3n) is 8.10. The standard InChI is InChI=1S/C34H42ClN3O4S/c1-24(2)28-15-17-31(18-16-28)38(43(41,42)32-19-13-25(3)14-20-32)23-33(39)37(22-27-9-8-10-29(35)21-27)26(4)34(40)36-30-11-6-5-7-12-30/h8-10,13-21,24,26,30H,5-7,11-12,22-23H2,1-4H3,(H,36,40)/t26-/m0/s1. The molecule has 4 rings (SSSR count). The molecule has 0 aromatic heterocycles. The second-order valence-electron chi connectivity index (χ2n) is 11.7. The molecular formula is C34H42ClN3O4S. The number of amides is 2. The van der Waals surface area contributed by atoms with Crippen LogP contribution in [0.1, 0.15) is 75.5 Å². The third-order valence-corrected chi connectivity index (χ3v) is 10.1. The molecule has 0 bridgehead atoms. The van der Waals surface area contributed by atoms with Crippen LogP contribution in [0.3, 0.4) is 0 Å². The predicted molar refractivity (Wildman–Crippen MR) is 173 cm³/mol. The van der Waals surface area contributed by atoms with Gasteiger partial charge in [0, 0.05) is 17.6 Å². The van der Waals surface area contributed by atoms with Crippen molar-refractivity contribution < 1.29 is 18.0 Å². The summed E-state index contributed by atoms with van der Waals surface area (Å²) in [5, 5.41) is 3.64. The van der Waals surface area contributed by atoms with E-state index in [-0.39, 0.29) is 29.3 Å². The number of rotatable bonds is 11. The van der Waals surface area contributed by atoms with Gasteiger partial charge in [0.25, 0.3) is 10.0 Å². The van der Waals surface area contributed by atoms with E-state index in [4.69, 9.17) is 11.6 Å². The molecule has 0 radical (unpaired) electrons. The van der Waals surface area contributed by atoms with Crippen LogP contribution in [0.25, 0.3) is 0 Å². The molecule has 9 heteroatoms. The van der Waals surface area contributed by atoms with Crippen LogP contribution in [0.5, 0.6) is 0 Å². The molecule has 0 unspecified atom stereocenters. The lowest BCUT2D eigenvalue weighted by molar-refractivity contribution is -0.139. The molecule has 2 amide bonds. The molecule has 3 aromatic rings. The lowest BCUT2D eigenvalue weighted by atomic mass is 9.95. The first-order valence-corrected chi connectivity index (χ1v) is 16.8.